The maximum atomic E-state index is 10.2. The third kappa shape index (κ3) is 3.07. The first-order chi connectivity index (χ1) is 8.47. The van der Waals surface area contributed by atoms with E-state index < -0.39 is 6.10 Å². The summed E-state index contributed by atoms with van der Waals surface area (Å²) in [7, 11) is 0. The van der Waals surface area contributed by atoms with Gasteiger partial charge in [0.15, 0.2) is 0 Å². The van der Waals surface area contributed by atoms with Gasteiger partial charge in [0.25, 0.3) is 0 Å². The van der Waals surface area contributed by atoms with E-state index in [2.05, 4.69) is 13.8 Å². The Bertz CT molecular complexity index is 543. The van der Waals surface area contributed by atoms with Crippen LogP contribution in [0.15, 0.2) is 24.3 Å². The Morgan fingerprint density at radius 1 is 1.17 bits per heavy atom. The van der Waals surface area contributed by atoms with Crippen molar-refractivity contribution in [1.82, 2.24) is 0 Å². The molecule has 0 bridgehead atoms. The Hall–Kier alpha value is -0.540. The predicted molar refractivity (Wildman–Crippen MR) is 78.9 cm³/mol. The van der Waals surface area contributed by atoms with Crippen molar-refractivity contribution < 1.29 is 5.11 Å². The monoisotopic (exact) mass is 300 g/mol. The molecule has 0 saturated carbocycles. The van der Waals surface area contributed by atoms with Crippen LogP contribution in [0, 0.1) is 13.8 Å². The van der Waals surface area contributed by atoms with E-state index in [4.69, 9.17) is 23.2 Å². The Labute approximate surface area is 121 Å². The summed E-state index contributed by atoms with van der Waals surface area (Å²) in [6, 6.07) is 7.50. The van der Waals surface area contributed by atoms with Gasteiger partial charge in [-0.15, -0.1) is 11.3 Å². The van der Waals surface area contributed by atoms with Crippen molar-refractivity contribution in [1.29, 1.82) is 0 Å². The van der Waals surface area contributed by atoms with Crippen LogP contribution in [0.5, 0.6) is 0 Å². The van der Waals surface area contributed by atoms with Crippen molar-refractivity contribution >= 4 is 34.5 Å². The second kappa shape index (κ2) is 5.62. The van der Waals surface area contributed by atoms with Gasteiger partial charge in [-0.3, -0.25) is 0 Å². The SMILES string of the molecule is Cc1cc(C(O)Cc2ccc(Cl)c(Cl)c2)sc1C. The minimum Gasteiger partial charge on any atom is -0.387 e. The van der Waals surface area contributed by atoms with Crippen molar-refractivity contribution in [3.05, 3.63) is 55.2 Å². The van der Waals surface area contributed by atoms with E-state index in [1.54, 1.807) is 23.5 Å². The Kier molecular flexibility index (Phi) is 4.33. The van der Waals surface area contributed by atoms with Crippen molar-refractivity contribution in [3.8, 4) is 0 Å². The van der Waals surface area contributed by atoms with Gasteiger partial charge in [-0.25, -0.2) is 0 Å². The summed E-state index contributed by atoms with van der Waals surface area (Å²) in [6.07, 6.45) is 0.0654. The van der Waals surface area contributed by atoms with Crippen LogP contribution in [-0.2, 0) is 6.42 Å². The van der Waals surface area contributed by atoms with Crippen LogP contribution in [0.3, 0.4) is 0 Å². The van der Waals surface area contributed by atoms with Gasteiger partial charge in [0.2, 0.25) is 0 Å². The summed E-state index contributed by atoms with van der Waals surface area (Å²) in [5.74, 6) is 0. The molecule has 0 radical (unpaired) electrons. The summed E-state index contributed by atoms with van der Waals surface area (Å²) >= 11 is 13.5. The van der Waals surface area contributed by atoms with E-state index in [-0.39, 0.29) is 0 Å². The quantitative estimate of drug-likeness (QED) is 0.850. The van der Waals surface area contributed by atoms with Gasteiger partial charge in [-0.2, -0.15) is 0 Å². The molecule has 1 aromatic carbocycles. The summed E-state index contributed by atoms with van der Waals surface area (Å²) < 4.78 is 0. The molecule has 2 aromatic rings. The number of aliphatic hydroxyl groups excluding tert-OH is 1. The highest BCUT2D eigenvalue weighted by Gasteiger charge is 2.13. The average molecular weight is 301 g/mol. The molecule has 0 aliphatic heterocycles. The molecule has 1 aromatic heterocycles. The zero-order chi connectivity index (χ0) is 13.3. The lowest BCUT2D eigenvalue weighted by Gasteiger charge is -2.09. The largest absolute Gasteiger partial charge is 0.387 e. The number of aryl methyl sites for hydroxylation is 2. The fourth-order valence-corrected chi connectivity index (χ4v) is 3.11. The van der Waals surface area contributed by atoms with E-state index in [0.29, 0.717) is 16.5 Å². The van der Waals surface area contributed by atoms with E-state index in [1.807, 2.05) is 12.1 Å². The molecule has 2 rings (SSSR count). The van der Waals surface area contributed by atoms with E-state index >= 15 is 0 Å². The molecule has 0 saturated heterocycles. The van der Waals surface area contributed by atoms with E-state index in [1.165, 1.54) is 10.4 Å². The Morgan fingerprint density at radius 2 is 1.89 bits per heavy atom. The van der Waals surface area contributed by atoms with Crippen molar-refractivity contribution in [2.75, 3.05) is 0 Å². The number of rotatable bonds is 3. The maximum absolute atomic E-state index is 10.2. The molecule has 1 N–H and O–H groups in total. The summed E-state index contributed by atoms with van der Waals surface area (Å²) in [5, 5.41) is 11.3. The van der Waals surface area contributed by atoms with Gasteiger partial charge in [-0.1, -0.05) is 29.3 Å². The molecule has 4 heteroatoms. The molecule has 0 aliphatic carbocycles. The normalized spacial score (nSPS) is 12.7. The predicted octanol–water partition coefficient (Wildman–Crippen LogP) is 4.95. The maximum Gasteiger partial charge on any atom is 0.0922 e. The third-order valence-corrected chi connectivity index (χ3v) is 4.92. The van der Waals surface area contributed by atoms with Crippen molar-refractivity contribution in [2.45, 2.75) is 26.4 Å². The zero-order valence-corrected chi connectivity index (χ0v) is 12.5. The van der Waals surface area contributed by atoms with Gasteiger partial charge in [-0.05, 0) is 43.2 Å². The number of halogens is 2. The first-order valence-electron chi connectivity index (χ1n) is 5.66. The lowest BCUT2D eigenvalue weighted by atomic mass is 10.1. The number of thiophene rings is 1. The van der Waals surface area contributed by atoms with Crippen LogP contribution in [0.4, 0.5) is 0 Å². The molecule has 1 atom stereocenters. The molecular formula is C14H14Cl2OS. The van der Waals surface area contributed by atoms with Gasteiger partial charge in [0.1, 0.15) is 0 Å². The molecule has 0 amide bonds. The number of benzene rings is 1. The van der Waals surface area contributed by atoms with Crippen LogP contribution in [0.25, 0.3) is 0 Å². The first kappa shape index (κ1) is 13.9. The fourth-order valence-electron chi connectivity index (χ4n) is 1.76. The second-order valence-corrected chi connectivity index (χ2v) is 6.46. The number of hydrogen-bond acceptors (Lipinski definition) is 2. The molecule has 18 heavy (non-hydrogen) atoms. The molecule has 0 fully saturated rings. The molecule has 1 unspecified atom stereocenters. The molecule has 96 valence electrons. The van der Waals surface area contributed by atoms with Crippen LogP contribution in [0.1, 0.15) is 27.0 Å². The van der Waals surface area contributed by atoms with Crippen molar-refractivity contribution in [3.63, 3.8) is 0 Å². The Balaban J connectivity index is 2.15. The molecular weight excluding hydrogens is 287 g/mol. The topological polar surface area (TPSA) is 20.2 Å². The van der Waals surface area contributed by atoms with Crippen molar-refractivity contribution in [2.24, 2.45) is 0 Å². The van der Waals surface area contributed by atoms with Crippen LogP contribution in [0.2, 0.25) is 10.0 Å². The number of aliphatic hydroxyl groups is 1. The molecule has 1 heterocycles. The van der Waals surface area contributed by atoms with Crippen LogP contribution >= 0.6 is 34.5 Å². The van der Waals surface area contributed by atoms with E-state index in [9.17, 15) is 5.11 Å². The first-order valence-corrected chi connectivity index (χ1v) is 7.23. The highest BCUT2D eigenvalue weighted by Crippen LogP contribution is 2.30. The standard InChI is InChI=1S/C14H14Cl2OS/c1-8-5-14(18-9(8)2)13(17)7-10-3-4-11(15)12(16)6-10/h3-6,13,17H,7H2,1-2H3. The lowest BCUT2D eigenvalue weighted by molar-refractivity contribution is 0.182. The lowest BCUT2D eigenvalue weighted by Crippen LogP contribution is -1.99. The van der Waals surface area contributed by atoms with Gasteiger partial charge >= 0.3 is 0 Å². The second-order valence-electron chi connectivity index (χ2n) is 4.36. The third-order valence-electron chi connectivity index (χ3n) is 2.93. The highest BCUT2D eigenvalue weighted by molar-refractivity contribution is 7.12. The van der Waals surface area contributed by atoms with E-state index in [0.717, 1.165) is 10.4 Å². The zero-order valence-electron chi connectivity index (χ0n) is 10.2. The summed E-state index contributed by atoms with van der Waals surface area (Å²) in [4.78, 5) is 2.24. The summed E-state index contributed by atoms with van der Waals surface area (Å²) in [5.41, 5.74) is 2.21. The molecule has 1 nitrogen and oxygen atoms in total. The average Bonchev–Trinajstić information content (AvgIpc) is 2.65. The minimum atomic E-state index is -0.486. The van der Waals surface area contributed by atoms with Crippen LogP contribution < -0.4 is 0 Å². The summed E-state index contributed by atoms with van der Waals surface area (Å²) in [6.45, 7) is 4.12. The fraction of sp³-hybridized carbons (Fsp3) is 0.286. The van der Waals surface area contributed by atoms with Gasteiger partial charge in [0.05, 0.1) is 16.1 Å². The minimum absolute atomic E-state index is 0.486. The molecule has 0 spiro atoms. The highest BCUT2D eigenvalue weighted by atomic mass is 35.5. The molecule has 0 aliphatic rings. The Morgan fingerprint density at radius 3 is 2.44 bits per heavy atom. The van der Waals surface area contributed by atoms with Crippen LogP contribution in [-0.4, -0.2) is 5.11 Å². The van der Waals surface area contributed by atoms with Gasteiger partial charge < -0.3 is 5.11 Å². The number of hydrogen-bond donors (Lipinski definition) is 1. The smallest absolute Gasteiger partial charge is 0.0922 e. The van der Waals surface area contributed by atoms with Gasteiger partial charge in [0, 0.05) is 16.2 Å².